The van der Waals surface area contributed by atoms with Crippen LogP contribution in [0.5, 0.6) is 0 Å². The molecule has 0 saturated carbocycles. The van der Waals surface area contributed by atoms with E-state index >= 15 is 0 Å². The fourth-order valence-corrected chi connectivity index (χ4v) is 1.93. The fraction of sp³-hybridized carbons (Fsp3) is 0.438. The monoisotopic (exact) mass is 274 g/mol. The number of nitrogens with two attached hydrogens (primary N) is 1. The summed E-state index contributed by atoms with van der Waals surface area (Å²) in [4.78, 5) is 4.49. The SMILES string of the molecule is CC=C(C)c1nc2cc(CC[C@@](C)(N)CO)ccc2o1. The first-order chi connectivity index (χ1) is 9.45. The largest absolute Gasteiger partial charge is 0.436 e. The third-order valence-electron chi connectivity index (χ3n) is 3.57. The van der Waals surface area contributed by atoms with Crippen molar-refractivity contribution in [3.63, 3.8) is 0 Å². The van der Waals surface area contributed by atoms with Crippen LogP contribution in [0.2, 0.25) is 0 Å². The standard InChI is InChI=1S/C16H22N2O2/c1-4-11(2)15-18-13-9-12(5-6-14(13)20-15)7-8-16(3,17)10-19/h4-6,9,19H,7-8,10,17H2,1-3H3/t16-/m1/s1. The van der Waals surface area contributed by atoms with Gasteiger partial charge in [0, 0.05) is 11.1 Å². The van der Waals surface area contributed by atoms with Crippen molar-refractivity contribution in [3.05, 3.63) is 35.7 Å². The molecule has 0 unspecified atom stereocenters. The molecule has 2 rings (SSSR count). The van der Waals surface area contributed by atoms with Crippen molar-refractivity contribution in [1.82, 2.24) is 4.98 Å². The first kappa shape index (κ1) is 14.8. The number of aryl methyl sites for hydroxylation is 1. The second-order valence-corrected chi connectivity index (χ2v) is 5.60. The number of aliphatic hydroxyl groups excluding tert-OH is 1. The fourth-order valence-electron chi connectivity index (χ4n) is 1.93. The molecule has 0 radical (unpaired) electrons. The minimum atomic E-state index is -0.536. The Kier molecular flexibility index (Phi) is 4.26. The zero-order chi connectivity index (χ0) is 14.8. The summed E-state index contributed by atoms with van der Waals surface area (Å²) in [7, 11) is 0. The van der Waals surface area contributed by atoms with Gasteiger partial charge in [-0.1, -0.05) is 12.1 Å². The molecular formula is C16H22N2O2. The second-order valence-electron chi connectivity index (χ2n) is 5.60. The summed E-state index contributed by atoms with van der Waals surface area (Å²) >= 11 is 0. The van der Waals surface area contributed by atoms with Gasteiger partial charge in [0.15, 0.2) is 5.58 Å². The molecule has 0 amide bonds. The molecule has 1 aromatic carbocycles. The molecule has 20 heavy (non-hydrogen) atoms. The Morgan fingerprint density at radius 3 is 2.90 bits per heavy atom. The van der Waals surface area contributed by atoms with Crippen LogP contribution in [-0.4, -0.2) is 22.2 Å². The Hall–Kier alpha value is -1.65. The number of aliphatic hydroxyl groups is 1. The molecule has 4 nitrogen and oxygen atoms in total. The molecule has 1 aromatic heterocycles. The van der Waals surface area contributed by atoms with Crippen molar-refractivity contribution in [1.29, 1.82) is 0 Å². The first-order valence-corrected chi connectivity index (χ1v) is 6.88. The van der Waals surface area contributed by atoms with E-state index in [2.05, 4.69) is 4.98 Å². The van der Waals surface area contributed by atoms with Crippen molar-refractivity contribution >= 4 is 16.7 Å². The summed E-state index contributed by atoms with van der Waals surface area (Å²) in [6.45, 7) is 5.79. The van der Waals surface area contributed by atoms with E-state index in [1.165, 1.54) is 0 Å². The Labute approximate surface area is 119 Å². The minimum Gasteiger partial charge on any atom is -0.436 e. The quantitative estimate of drug-likeness (QED) is 0.879. The van der Waals surface area contributed by atoms with Crippen molar-refractivity contribution in [2.75, 3.05) is 6.61 Å². The van der Waals surface area contributed by atoms with E-state index in [0.29, 0.717) is 5.89 Å². The van der Waals surface area contributed by atoms with Gasteiger partial charge in [-0.2, -0.15) is 0 Å². The van der Waals surface area contributed by atoms with E-state index < -0.39 is 5.54 Å². The summed E-state index contributed by atoms with van der Waals surface area (Å²) in [5, 5.41) is 9.18. The predicted octanol–water partition coefficient (Wildman–Crippen LogP) is 2.89. The third kappa shape index (κ3) is 3.26. The predicted molar refractivity (Wildman–Crippen MR) is 81.3 cm³/mol. The highest BCUT2D eigenvalue weighted by atomic mass is 16.3. The normalized spacial score (nSPS) is 15.6. The molecule has 0 aliphatic heterocycles. The third-order valence-corrected chi connectivity index (χ3v) is 3.57. The minimum absolute atomic E-state index is 0.0101. The number of nitrogens with zero attached hydrogens (tertiary/aromatic N) is 1. The van der Waals surface area contributed by atoms with E-state index in [-0.39, 0.29) is 6.61 Å². The Morgan fingerprint density at radius 1 is 1.50 bits per heavy atom. The molecule has 0 aliphatic carbocycles. The zero-order valence-electron chi connectivity index (χ0n) is 12.3. The van der Waals surface area contributed by atoms with Gasteiger partial charge < -0.3 is 15.3 Å². The Morgan fingerprint density at radius 2 is 2.25 bits per heavy atom. The molecule has 0 saturated heterocycles. The molecule has 4 heteroatoms. The lowest BCUT2D eigenvalue weighted by atomic mass is 9.95. The highest BCUT2D eigenvalue weighted by molar-refractivity contribution is 5.76. The van der Waals surface area contributed by atoms with Crippen LogP contribution >= 0.6 is 0 Å². The summed E-state index contributed by atoms with van der Waals surface area (Å²) in [6, 6.07) is 5.99. The van der Waals surface area contributed by atoms with Crippen molar-refractivity contribution in [2.45, 2.75) is 39.2 Å². The number of allylic oxidation sites excluding steroid dienone is 2. The zero-order valence-corrected chi connectivity index (χ0v) is 12.3. The number of oxazole rings is 1. The lowest BCUT2D eigenvalue weighted by molar-refractivity contribution is 0.200. The maximum atomic E-state index is 9.18. The summed E-state index contributed by atoms with van der Waals surface area (Å²) < 4.78 is 5.70. The molecule has 0 spiro atoms. The van der Waals surface area contributed by atoms with E-state index in [1.54, 1.807) is 0 Å². The van der Waals surface area contributed by atoms with Crippen LogP contribution in [0.25, 0.3) is 16.7 Å². The van der Waals surface area contributed by atoms with Gasteiger partial charge in [-0.3, -0.25) is 0 Å². The lowest BCUT2D eigenvalue weighted by Crippen LogP contribution is -2.40. The number of hydrogen-bond acceptors (Lipinski definition) is 4. The molecule has 108 valence electrons. The second kappa shape index (κ2) is 5.77. The van der Waals surface area contributed by atoms with Gasteiger partial charge in [0.2, 0.25) is 5.89 Å². The molecule has 1 heterocycles. The van der Waals surface area contributed by atoms with Gasteiger partial charge in [0.05, 0.1) is 6.61 Å². The number of benzene rings is 1. The highest BCUT2D eigenvalue weighted by Crippen LogP contribution is 2.22. The number of fused-ring (bicyclic) bond motifs is 1. The van der Waals surface area contributed by atoms with Crippen LogP contribution in [0.1, 0.15) is 38.6 Å². The Balaban J connectivity index is 2.21. The van der Waals surface area contributed by atoms with Crippen molar-refractivity contribution < 1.29 is 9.52 Å². The smallest absolute Gasteiger partial charge is 0.222 e. The molecular weight excluding hydrogens is 252 g/mol. The average Bonchev–Trinajstić information content (AvgIpc) is 2.87. The van der Waals surface area contributed by atoms with E-state index in [4.69, 9.17) is 10.2 Å². The van der Waals surface area contributed by atoms with E-state index in [0.717, 1.165) is 35.1 Å². The van der Waals surface area contributed by atoms with Crippen LogP contribution in [-0.2, 0) is 6.42 Å². The number of rotatable bonds is 5. The van der Waals surface area contributed by atoms with Crippen LogP contribution in [0.4, 0.5) is 0 Å². The van der Waals surface area contributed by atoms with E-state index in [1.807, 2.05) is 45.0 Å². The van der Waals surface area contributed by atoms with Crippen molar-refractivity contribution in [2.24, 2.45) is 5.73 Å². The van der Waals surface area contributed by atoms with Gasteiger partial charge in [-0.05, 0) is 51.3 Å². The maximum Gasteiger partial charge on any atom is 0.222 e. The van der Waals surface area contributed by atoms with Gasteiger partial charge in [0.25, 0.3) is 0 Å². The first-order valence-electron chi connectivity index (χ1n) is 6.88. The van der Waals surface area contributed by atoms with Crippen LogP contribution in [0, 0.1) is 0 Å². The maximum absolute atomic E-state index is 9.18. The molecule has 0 bridgehead atoms. The topological polar surface area (TPSA) is 72.3 Å². The van der Waals surface area contributed by atoms with Crippen LogP contribution in [0.3, 0.4) is 0 Å². The Bertz CT molecular complexity index is 626. The van der Waals surface area contributed by atoms with Gasteiger partial charge in [-0.25, -0.2) is 4.98 Å². The van der Waals surface area contributed by atoms with Crippen LogP contribution < -0.4 is 5.73 Å². The molecule has 0 fully saturated rings. The summed E-state index contributed by atoms with van der Waals surface area (Å²) in [5.74, 6) is 0.665. The molecule has 0 aliphatic rings. The average molecular weight is 274 g/mol. The molecule has 1 atom stereocenters. The molecule has 3 N–H and O–H groups in total. The van der Waals surface area contributed by atoms with Crippen molar-refractivity contribution in [3.8, 4) is 0 Å². The van der Waals surface area contributed by atoms with Gasteiger partial charge >= 0.3 is 0 Å². The summed E-state index contributed by atoms with van der Waals surface area (Å²) in [5.41, 5.74) is 9.25. The number of hydrogen-bond donors (Lipinski definition) is 2. The lowest BCUT2D eigenvalue weighted by Gasteiger charge is -2.21. The molecule has 2 aromatic rings. The van der Waals surface area contributed by atoms with E-state index in [9.17, 15) is 5.11 Å². The summed E-state index contributed by atoms with van der Waals surface area (Å²) in [6.07, 6.45) is 3.52. The number of aromatic nitrogens is 1. The van der Waals surface area contributed by atoms with Gasteiger partial charge in [0.1, 0.15) is 5.52 Å². The highest BCUT2D eigenvalue weighted by Gasteiger charge is 2.17. The van der Waals surface area contributed by atoms with Crippen LogP contribution in [0.15, 0.2) is 28.7 Å². The van der Waals surface area contributed by atoms with Gasteiger partial charge in [-0.15, -0.1) is 0 Å².